The van der Waals surface area contributed by atoms with Crippen LogP contribution in [0.2, 0.25) is 5.15 Å². The van der Waals surface area contributed by atoms with Crippen molar-refractivity contribution in [2.24, 2.45) is 12.8 Å². The van der Waals surface area contributed by atoms with Gasteiger partial charge in [0.25, 0.3) is 0 Å². The molecule has 0 aliphatic heterocycles. The maximum atomic E-state index is 6.16. The number of nitrogens with two attached hydrogens (primary N) is 1. The van der Waals surface area contributed by atoms with Gasteiger partial charge in [-0.3, -0.25) is 4.68 Å². The number of hydrogen-bond acceptors (Lipinski definition) is 3. The Kier molecular flexibility index (Phi) is 5.66. The van der Waals surface area contributed by atoms with E-state index in [1.165, 1.54) is 12.2 Å². The molecule has 0 fully saturated rings. The molecular formula is C11H20ClN3S. The van der Waals surface area contributed by atoms with Crippen LogP contribution in [0.25, 0.3) is 0 Å². The summed E-state index contributed by atoms with van der Waals surface area (Å²) in [4.78, 5) is 0. The van der Waals surface area contributed by atoms with Gasteiger partial charge in [0, 0.05) is 24.4 Å². The van der Waals surface area contributed by atoms with Gasteiger partial charge in [0.15, 0.2) is 0 Å². The second-order valence-electron chi connectivity index (χ2n) is 4.02. The summed E-state index contributed by atoms with van der Waals surface area (Å²) < 4.78 is 1.71. The minimum atomic E-state index is 0.164. The molecule has 2 N–H and O–H groups in total. The fourth-order valence-corrected chi connectivity index (χ4v) is 2.73. The minimum Gasteiger partial charge on any atom is -0.327 e. The van der Waals surface area contributed by atoms with Crippen LogP contribution in [0, 0.1) is 6.92 Å². The Bertz CT molecular complexity index is 338. The Labute approximate surface area is 107 Å². The number of rotatable bonds is 6. The van der Waals surface area contributed by atoms with Crippen molar-refractivity contribution in [3.63, 3.8) is 0 Å². The Morgan fingerprint density at radius 2 is 2.25 bits per heavy atom. The van der Waals surface area contributed by atoms with Gasteiger partial charge in [-0.25, -0.2) is 0 Å². The van der Waals surface area contributed by atoms with Gasteiger partial charge < -0.3 is 5.73 Å². The van der Waals surface area contributed by atoms with Crippen LogP contribution in [0.3, 0.4) is 0 Å². The summed E-state index contributed by atoms with van der Waals surface area (Å²) in [6, 6.07) is 0.164. The quantitative estimate of drug-likeness (QED) is 0.800. The minimum absolute atomic E-state index is 0.164. The van der Waals surface area contributed by atoms with Gasteiger partial charge in [0.05, 0.1) is 5.69 Å². The molecule has 0 saturated carbocycles. The molecule has 92 valence electrons. The third kappa shape index (κ3) is 3.68. The van der Waals surface area contributed by atoms with Crippen molar-refractivity contribution in [2.45, 2.75) is 32.7 Å². The van der Waals surface area contributed by atoms with Crippen LogP contribution >= 0.6 is 23.4 Å². The van der Waals surface area contributed by atoms with Gasteiger partial charge >= 0.3 is 0 Å². The highest BCUT2D eigenvalue weighted by Crippen LogP contribution is 2.20. The van der Waals surface area contributed by atoms with E-state index in [9.17, 15) is 0 Å². The highest BCUT2D eigenvalue weighted by Gasteiger charge is 2.14. The molecule has 1 unspecified atom stereocenters. The van der Waals surface area contributed by atoms with Crippen LogP contribution < -0.4 is 5.73 Å². The molecule has 0 saturated heterocycles. The highest BCUT2D eigenvalue weighted by molar-refractivity contribution is 7.99. The fraction of sp³-hybridized carbons (Fsp3) is 0.727. The molecule has 0 amide bonds. The van der Waals surface area contributed by atoms with E-state index < -0.39 is 0 Å². The Hall–Kier alpha value is -0.190. The van der Waals surface area contributed by atoms with Gasteiger partial charge in [0.2, 0.25) is 0 Å². The standard InChI is InChI=1S/C11H20ClN3S/c1-4-5-16-7-9(13)6-10-8(2)14-15(3)11(10)12/h9H,4-7,13H2,1-3H3. The number of aryl methyl sites for hydroxylation is 2. The molecular weight excluding hydrogens is 242 g/mol. The zero-order valence-corrected chi connectivity index (χ0v) is 11.7. The van der Waals surface area contributed by atoms with E-state index in [1.807, 2.05) is 25.7 Å². The molecule has 0 spiro atoms. The first-order chi connectivity index (χ1) is 7.56. The van der Waals surface area contributed by atoms with Crippen LogP contribution in [-0.4, -0.2) is 27.3 Å². The lowest BCUT2D eigenvalue weighted by atomic mass is 10.1. The number of nitrogens with zero attached hydrogens (tertiary/aromatic N) is 2. The van der Waals surface area contributed by atoms with E-state index in [0.717, 1.165) is 23.4 Å². The normalized spacial score (nSPS) is 13.1. The predicted octanol–water partition coefficient (Wildman–Crippen LogP) is 2.39. The van der Waals surface area contributed by atoms with Gasteiger partial charge in [0.1, 0.15) is 5.15 Å². The van der Waals surface area contributed by atoms with Crippen molar-refractivity contribution >= 4 is 23.4 Å². The summed E-state index contributed by atoms with van der Waals surface area (Å²) in [7, 11) is 1.86. The molecule has 1 aromatic rings. The largest absolute Gasteiger partial charge is 0.327 e. The summed E-state index contributed by atoms with van der Waals surface area (Å²) in [5.74, 6) is 2.16. The van der Waals surface area contributed by atoms with Gasteiger partial charge in [-0.15, -0.1) is 0 Å². The lowest BCUT2D eigenvalue weighted by Gasteiger charge is -2.10. The summed E-state index contributed by atoms with van der Waals surface area (Å²) >= 11 is 8.06. The number of aromatic nitrogens is 2. The van der Waals surface area contributed by atoms with E-state index in [2.05, 4.69) is 12.0 Å². The molecule has 0 aromatic carbocycles. The maximum absolute atomic E-state index is 6.16. The average molecular weight is 262 g/mol. The molecule has 16 heavy (non-hydrogen) atoms. The van der Waals surface area contributed by atoms with Crippen molar-refractivity contribution in [2.75, 3.05) is 11.5 Å². The van der Waals surface area contributed by atoms with E-state index >= 15 is 0 Å². The van der Waals surface area contributed by atoms with Crippen LogP contribution in [0.5, 0.6) is 0 Å². The predicted molar refractivity (Wildman–Crippen MR) is 72.3 cm³/mol. The second-order valence-corrected chi connectivity index (χ2v) is 5.53. The van der Waals surface area contributed by atoms with Crippen LogP contribution in [0.15, 0.2) is 0 Å². The zero-order valence-electron chi connectivity index (χ0n) is 10.2. The van der Waals surface area contributed by atoms with Crippen molar-refractivity contribution in [1.29, 1.82) is 0 Å². The van der Waals surface area contributed by atoms with Crippen molar-refractivity contribution in [1.82, 2.24) is 9.78 Å². The third-order valence-corrected chi connectivity index (χ3v) is 4.25. The fourth-order valence-electron chi connectivity index (χ4n) is 1.61. The average Bonchev–Trinajstić information content (AvgIpc) is 2.46. The zero-order chi connectivity index (χ0) is 12.1. The molecule has 0 aliphatic carbocycles. The van der Waals surface area contributed by atoms with E-state index in [1.54, 1.807) is 4.68 Å². The summed E-state index contributed by atoms with van der Waals surface area (Å²) in [6.45, 7) is 4.16. The van der Waals surface area contributed by atoms with Crippen LogP contribution in [-0.2, 0) is 13.5 Å². The molecule has 1 rings (SSSR count). The molecule has 1 atom stereocenters. The number of thioether (sulfide) groups is 1. The highest BCUT2D eigenvalue weighted by atomic mass is 35.5. The number of halogens is 1. The van der Waals surface area contributed by atoms with Crippen molar-refractivity contribution < 1.29 is 0 Å². The smallest absolute Gasteiger partial charge is 0.130 e. The summed E-state index contributed by atoms with van der Waals surface area (Å²) in [5, 5.41) is 5.00. The van der Waals surface area contributed by atoms with Crippen LogP contribution in [0.4, 0.5) is 0 Å². The molecule has 0 radical (unpaired) electrons. The third-order valence-electron chi connectivity index (χ3n) is 2.42. The molecule has 0 aliphatic rings. The van der Waals surface area contributed by atoms with E-state index in [0.29, 0.717) is 5.15 Å². The number of hydrogen-bond donors (Lipinski definition) is 1. The molecule has 5 heteroatoms. The first kappa shape index (κ1) is 13.9. The lowest BCUT2D eigenvalue weighted by molar-refractivity contribution is 0.743. The summed E-state index contributed by atoms with van der Waals surface area (Å²) in [6.07, 6.45) is 2.01. The molecule has 0 bridgehead atoms. The maximum Gasteiger partial charge on any atom is 0.130 e. The van der Waals surface area contributed by atoms with Gasteiger partial charge in [-0.1, -0.05) is 18.5 Å². The van der Waals surface area contributed by atoms with E-state index in [4.69, 9.17) is 17.3 Å². The first-order valence-electron chi connectivity index (χ1n) is 5.57. The monoisotopic (exact) mass is 261 g/mol. The van der Waals surface area contributed by atoms with Crippen molar-refractivity contribution in [3.8, 4) is 0 Å². The second kappa shape index (κ2) is 6.52. The molecule has 1 aromatic heterocycles. The van der Waals surface area contributed by atoms with Crippen LogP contribution in [0.1, 0.15) is 24.6 Å². The Morgan fingerprint density at radius 3 is 2.75 bits per heavy atom. The molecule has 3 nitrogen and oxygen atoms in total. The SMILES string of the molecule is CCCSCC(N)Cc1c(C)nn(C)c1Cl. The topological polar surface area (TPSA) is 43.8 Å². The van der Waals surface area contributed by atoms with Gasteiger partial charge in [-0.2, -0.15) is 16.9 Å². The summed E-state index contributed by atoms with van der Waals surface area (Å²) in [5.41, 5.74) is 8.16. The van der Waals surface area contributed by atoms with Gasteiger partial charge in [-0.05, 0) is 25.5 Å². The Morgan fingerprint density at radius 1 is 1.56 bits per heavy atom. The Balaban J connectivity index is 2.52. The lowest BCUT2D eigenvalue weighted by Crippen LogP contribution is -2.26. The van der Waals surface area contributed by atoms with Crippen molar-refractivity contribution in [3.05, 3.63) is 16.4 Å². The first-order valence-corrected chi connectivity index (χ1v) is 7.10. The molecule has 1 heterocycles. The van der Waals surface area contributed by atoms with E-state index in [-0.39, 0.29) is 6.04 Å².